The third-order valence-electron chi connectivity index (χ3n) is 2.20. The molecule has 1 aliphatic heterocycles. The van der Waals surface area contributed by atoms with Gasteiger partial charge in [-0.25, -0.2) is 0 Å². The van der Waals surface area contributed by atoms with Crippen LogP contribution in [-0.2, 0) is 9.59 Å². The van der Waals surface area contributed by atoms with Gasteiger partial charge in [0.05, 0.1) is 0 Å². The molecular weight excluding hydrogens is 156 g/mol. The second-order valence-corrected chi connectivity index (χ2v) is 3.22. The smallest absolute Gasteiger partial charge is 0.232 e. The summed E-state index contributed by atoms with van der Waals surface area (Å²) in [7, 11) is 0. The van der Waals surface area contributed by atoms with E-state index in [1.807, 2.05) is 6.92 Å². The first-order chi connectivity index (χ1) is 5.61. The molecule has 1 atom stereocenters. The first-order valence-corrected chi connectivity index (χ1v) is 4.19. The van der Waals surface area contributed by atoms with E-state index in [0.29, 0.717) is 0 Å². The highest BCUT2D eigenvalue weighted by molar-refractivity contribution is 5.96. The molecule has 0 saturated carbocycles. The van der Waals surface area contributed by atoms with Crippen molar-refractivity contribution >= 4 is 11.8 Å². The fourth-order valence-electron chi connectivity index (χ4n) is 1.55. The van der Waals surface area contributed by atoms with Crippen molar-refractivity contribution in [2.24, 2.45) is 5.73 Å². The van der Waals surface area contributed by atoms with Gasteiger partial charge < -0.3 is 10.6 Å². The van der Waals surface area contributed by atoms with Crippen molar-refractivity contribution in [1.82, 2.24) is 4.90 Å². The summed E-state index contributed by atoms with van der Waals surface area (Å²) in [6, 6.07) is 0.275. The molecule has 0 radical (unpaired) electrons. The van der Waals surface area contributed by atoms with Crippen molar-refractivity contribution < 1.29 is 9.59 Å². The van der Waals surface area contributed by atoms with Gasteiger partial charge in [0.2, 0.25) is 11.8 Å². The Hall–Kier alpha value is -1.06. The lowest BCUT2D eigenvalue weighted by molar-refractivity contribution is -0.135. The maximum atomic E-state index is 11.3. The topological polar surface area (TPSA) is 63.4 Å². The number of carbonyl (C=O) groups is 2. The number of hydrogen-bond acceptors (Lipinski definition) is 2. The highest BCUT2D eigenvalue weighted by Gasteiger charge is 2.25. The summed E-state index contributed by atoms with van der Waals surface area (Å²) in [5.74, 6) is -0.674. The SMILES string of the molecule is CC1CCCN1C(=O)CC(N)=O. The second-order valence-electron chi connectivity index (χ2n) is 3.22. The number of likely N-dealkylation sites (tertiary alicyclic amines) is 1. The van der Waals surface area contributed by atoms with Crippen LogP contribution >= 0.6 is 0 Å². The average Bonchev–Trinajstić information content (AvgIpc) is 2.33. The van der Waals surface area contributed by atoms with Crippen molar-refractivity contribution in [2.45, 2.75) is 32.2 Å². The van der Waals surface area contributed by atoms with Crippen LogP contribution in [0.5, 0.6) is 0 Å². The number of primary amides is 1. The molecule has 1 saturated heterocycles. The van der Waals surface area contributed by atoms with Crippen molar-refractivity contribution in [3.05, 3.63) is 0 Å². The Bertz CT molecular complexity index is 203. The van der Waals surface area contributed by atoms with Crippen LogP contribution in [0.15, 0.2) is 0 Å². The van der Waals surface area contributed by atoms with Gasteiger partial charge in [-0.2, -0.15) is 0 Å². The van der Waals surface area contributed by atoms with Gasteiger partial charge in [-0.1, -0.05) is 0 Å². The number of hydrogen-bond donors (Lipinski definition) is 1. The molecule has 2 amide bonds. The predicted octanol–water partition coefficient (Wildman–Crippen LogP) is -0.127. The standard InChI is InChI=1S/C8H14N2O2/c1-6-3-2-4-10(6)8(12)5-7(9)11/h6H,2-5H2,1H3,(H2,9,11). The number of amides is 2. The minimum Gasteiger partial charge on any atom is -0.369 e. The predicted molar refractivity (Wildman–Crippen MR) is 44.2 cm³/mol. The first kappa shape index (κ1) is 9.03. The second kappa shape index (κ2) is 3.56. The highest BCUT2D eigenvalue weighted by atomic mass is 16.2. The van der Waals surface area contributed by atoms with E-state index in [1.165, 1.54) is 0 Å². The summed E-state index contributed by atoms with van der Waals surface area (Å²) in [6.07, 6.45) is 1.92. The molecule has 1 heterocycles. The molecule has 1 rings (SSSR count). The first-order valence-electron chi connectivity index (χ1n) is 4.19. The molecule has 68 valence electrons. The van der Waals surface area contributed by atoms with Gasteiger partial charge in [-0.05, 0) is 19.8 Å². The third kappa shape index (κ3) is 1.96. The van der Waals surface area contributed by atoms with E-state index in [4.69, 9.17) is 5.73 Å². The monoisotopic (exact) mass is 170 g/mol. The molecule has 1 unspecified atom stereocenters. The summed E-state index contributed by atoms with van der Waals surface area (Å²) >= 11 is 0. The van der Waals surface area contributed by atoms with Crippen molar-refractivity contribution in [2.75, 3.05) is 6.54 Å². The molecule has 0 spiro atoms. The minimum atomic E-state index is -0.542. The number of carbonyl (C=O) groups excluding carboxylic acids is 2. The van der Waals surface area contributed by atoms with Gasteiger partial charge >= 0.3 is 0 Å². The number of nitrogens with two attached hydrogens (primary N) is 1. The molecular formula is C8H14N2O2. The van der Waals surface area contributed by atoms with E-state index in [0.717, 1.165) is 19.4 Å². The maximum absolute atomic E-state index is 11.3. The molecule has 1 fully saturated rings. The maximum Gasteiger partial charge on any atom is 0.232 e. The average molecular weight is 170 g/mol. The van der Waals surface area contributed by atoms with Gasteiger partial charge in [0.25, 0.3) is 0 Å². The van der Waals surface area contributed by atoms with Crippen LogP contribution in [0.1, 0.15) is 26.2 Å². The Morgan fingerprint density at radius 2 is 2.25 bits per heavy atom. The fourth-order valence-corrected chi connectivity index (χ4v) is 1.55. The Morgan fingerprint density at radius 3 is 2.67 bits per heavy atom. The Kier molecular flexibility index (Phi) is 2.68. The lowest BCUT2D eigenvalue weighted by atomic mass is 10.2. The minimum absolute atomic E-state index is 0.132. The largest absolute Gasteiger partial charge is 0.369 e. The molecule has 0 aliphatic carbocycles. The van der Waals surface area contributed by atoms with Gasteiger partial charge in [-0.3, -0.25) is 9.59 Å². The van der Waals surface area contributed by atoms with Gasteiger partial charge in [0, 0.05) is 12.6 Å². The zero-order valence-corrected chi connectivity index (χ0v) is 7.25. The van der Waals surface area contributed by atoms with Crippen molar-refractivity contribution in [3.63, 3.8) is 0 Å². The van der Waals surface area contributed by atoms with E-state index >= 15 is 0 Å². The Morgan fingerprint density at radius 1 is 1.58 bits per heavy atom. The number of rotatable bonds is 2. The molecule has 1 aliphatic rings. The van der Waals surface area contributed by atoms with Crippen LogP contribution in [0, 0.1) is 0 Å². The summed E-state index contributed by atoms with van der Waals surface area (Å²) in [6.45, 7) is 2.76. The van der Waals surface area contributed by atoms with Crippen molar-refractivity contribution in [3.8, 4) is 0 Å². The zero-order chi connectivity index (χ0) is 9.14. The highest BCUT2D eigenvalue weighted by Crippen LogP contribution is 2.16. The van der Waals surface area contributed by atoms with E-state index in [2.05, 4.69) is 0 Å². The summed E-state index contributed by atoms with van der Waals surface area (Å²) in [5, 5.41) is 0. The lowest BCUT2D eigenvalue weighted by Gasteiger charge is -2.20. The quantitative estimate of drug-likeness (QED) is 0.587. The zero-order valence-electron chi connectivity index (χ0n) is 7.25. The third-order valence-corrected chi connectivity index (χ3v) is 2.20. The van der Waals surface area contributed by atoms with Gasteiger partial charge in [-0.15, -0.1) is 0 Å². The molecule has 0 aromatic heterocycles. The Labute approximate surface area is 71.7 Å². The summed E-state index contributed by atoms with van der Waals surface area (Å²) in [4.78, 5) is 23.5. The molecule has 4 heteroatoms. The van der Waals surface area contributed by atoms with Crippen LogP contribution in [-0.4, -0.2) is 29.3 Å². The van der Waals surface area contributed by atoms with E-state index in [1.54, 1.807) is 4.90 Å². The summed E-state index contributed by atoms with van der Waals surface area (Å²) in [5.41, 5.74) is 4.92. The molecule has 2 N–H and O–H groups in total. The fraction of sp³-hybridized carbons (Fsp3) is 0.750. The van der Waals surface area contributed by atoms with Gasteiger partial charge in [0.1, 0.15) is 6.42 Å². The van der Waals surface area contributed by atoms with Crippen LogP contribution in [0.25, 0.3) is 0 Å². The van der Waals surface area contributed by atoms with E-state index in [9.17, 15) is 9.59 Å². The molecule has 12 heavy (non-hydrogen) atoms. The number of nitrogens with zero attached hydrogens (tertiary/aromatic N) is 1. The Balaban J connectivity index is 2.46. The molecule has 0 bridgehead atoms. The lowest BCUT2D eigenvalue weighted by Crippen LogP contribution is -2.36. The van der Waals surface area contributed by atoms with E-state index < -0.39 is 5.91 Å². The van der Waals surface area contributed by atoms with Crippen LogP contribution in [0.3, 0.4) is 0 Å². The van der Waals surface area contributed by atoms with Gasteiger partial charge in [0.15, 0.2) is 0 Å². The van der Waals surface area contributed by atoms with E-state index in [-0.39, 0.29) is 18.4 Å². The van der Waals surface area contributed by atoms with Crippen LogP contribution < -0.4 is 5.73 Å². The van der Waals surface area contributed by atoms with Crippen LogP contribution in [0.4, 0.5) is 0 Å². The van der Waals surface area contributed by atoms with Crippen molar-refractivity contribution in [1.29, 1.82) is 0 Å². The molecule has 0 aromatic carbocycles. The molecule has 4 nitrogen and oxygen atoms in total. The normalized spacial score (nSPS) is 22.8. The summed E-state index contributed by atoms with van der Waals surface area (Å²) < 4.78 is 0. The van der Waals surface area contributed by atoms with Crippen LogP contribution in [0.2, 0.25) is 0 Å². The molecule has 0 aromatic rings.